The standard InChI is InChI=1S/C22H26N2O3S/c25-21(22(13-6-14-22)19-7-2-1-3-8-19)23-17-18-9-11-20(12-10-18)28(26,27)24-15-4-5-16-24/h1-3,7-12H,4-6,13-17H2,(H,23,25). The van der Waals surface area contributed by atoms with Gasteiger partial charge < -0.3 is 5.32 Å². The summed E-state index contributed by atoms with van der Waals surface area (Å²) in [5.41, 5.74) is 1.56. The maximum Gasteiger partial charge on any atom is 0.243 e. The molecule has 1 aliphatic carbocycles. The fourth-order valence-electron chi connectivity index (χ4n) is 4.14. The van der Waals surface area contributed by atoms with E-state index in [9.17, 15) is 13.2 Å². The van der Waals surface area contributed by atoms with Crippen molar-refractivity contribution >= 4 is 15.9 Å². The van der Waals surface area contributed by atoms with Gasteiger partial charge in [-0.1, -0.05) is 48.9 Å². The molecule has 1 N–H and O–H groups in total. The van der Waals surface area contributed by atoms with Crippen molar-refractivity contribution in [3.05, 3.63) is 65.7 Å². The van der Waals surface area contributed by atoms with Crippen molar-refractivity contribution in [2.24, 2.45) is 0 Å². The third-order valence-corrected chi connectivity index (χ3v) is 7.96. The number of amides is 1. The van der Waals surface area contributed by atoms with Gasteiger partial charge in [0.1, 0.15) is 0 Å². The van der Waals surface area contributed by atoms with Gasteiger partial charge in [-0.3, -0.25) is 4.79 Å². The van der Waals surface area contributed by atoms with Crippen LogP contribution >= 0.6 is 0 Å². The number of nitrogens with zero attached hydrogens (tertiary/aromatic N) is 1. The second-order valence-electron chi connectivity index (χ2n) is 7.74. The zero-order chi connectivity index (χ0) is 19.6. The smallest absolute Gasteiger partial charge is 0.243 e. The van der Waals surface area contributed by atoms with Gasteiger partial charge in [-0.15, -0.1) is 0 Å². The monoisotopic (exact) mass is 398 g/mol. The summed E-state index contributed by atoms with van der Waals surface area (Å²) in [6, 6.07) is 16.8. The second-order valence-corrected chi connectivity index (χ2v) is 9.68. The van der Waals surface area contributed by atoms with Crippen molar-refractivity contribution in [1.82, 2.24) is 9.62 Å². The van der Waals surface area contributed by atoms with E-state index in [2.05, 4.69) is 5.32 Å². The predicted molar refractivity (Wildman–Crippen MR) is 108 cm³/mol. The molecule has 5 nitrogen and oxygen atoms in total. The van der Waals surface area contributed by atoms with Gasteiger partial charge in [-0.05, 0) is 48.9 Å². The summed E-state index contributed by atoms with van der Waals surface area (Å²) >= 11 is 0. The fraction of sp³-hybridized carbons (Fsp3) is 0.409. The molecule has 2 aliphatic rings. The third-order valence-electron chi connectivity index (χ3n) is 6.05. The van der Waals surface area contributed by atoms with Gasteiger partial charge in [0.2, 0.25) is 15.9 Å². The summed E-state index contributed by atoms with van der Waals surface area (Å²) in [6.45, 7) is 1.60. The minimum Gasteiger partial charge on any atom is -0.351 e. The van der Waals surface area contributed by atoms with Gasteiger partial charge in [0.15, 0.2) is 0 Å². The number of rotatable bonds is 6. The molecule has 0 aromatic heterocycles. The Hall–Kier alpha value is -2.18. The quantitative estimate of drug-likeness (QED) is 0.813. The Morgan fingerprint density at radius 2 is 1.57 bits per heavy atom. The maximum absolute atomic E-state index is 12.9. The van der Waals surface area contributed by atoms with E-state index in [1.165, 1.54) is 0 Å². The molecular formula is C22H26N2O3S. The predicted octanol–water partition coefficient (Wildman–Crippen LogP) is 3.21. The van der Waals surface area contributed by atoms with Crippen LogP contribution in [0.25, 0.3) is 0 Å². The molecule has 0 bridgehead atoms. The number of benzene rings is 2. The summed E-state index contributed by atoms with van der Waals surface area (Å²) in [5, 5.41) is 3.05. The number of sulfonamides is 1. The van der Waals surface area contributed by atoms with Crippen LogP contribution in [-0.4, -0.2) is 31.7 Å². The Balaban J connectivity index is 1.42. The zero-order valence-corrected chi connectivity index (χ0v) is 16.7. The lowest BCUT2D eigenvalue weighted by atomic mass is 9.64. The highest BCUT2D eigenvalue weighted by molar-refractivity contribution is 7.89. The van der Waals surface area contributed by atoms with E-state index in [4.69, 9.17) is 0 Å². The normalized spacial score (nSPS) is 19.1. The van der Waals surface area contributed by atoms with Crippen LogP contribution in [0.1, 0.15) is 43.2 Å². The molecule has 2 aromatic carbocycles. The number of nitrogens with one attached hydrogen (secondary N) is 1. The number of hydrogen-bond acceptors (Lipinski definition) is 3. The summed E-state index contributed by atoms with van der Waals surface area (Å²) in [5.74, 6) is 0.0544. The Morgan fingerprint density at radius 1 is 0.929 bits per heavy atom. The Labute approximate surface area is 166 Å². The molecule has 1 saturated heterocycles. The fourth-order valence-corrected chi connectivity index (χ4v) is 5.66. The summed E-state index contributed by atoms with van der Waals surface area (Å²) < 4.78 is 26.8. The summed E-state index contributed by atoms with van der Waals surface area (Å²) in [6.07, 6.45) is 4.65. The molecule has 1 saturated carbocycles. The lowest BCUT2D eigenvalue weighted by Crippen LogP contribution is -2.48. The van der Waals surface area contributed by atoms with E-state index in [0.717, 1.165) is 43.2 Å². The molecule has 1 aliphatic heterocycles. The first-order valence-electron chi connectivity index (χ1n) is 9.95. The first kappa shape index (κ1) is 19.2. The first-order valence-corrected chi connectivity index (χ1v) is 11.4. The highest BCUT2D eigenvalue weighted by Gasteiger charge is 2.45. The zero-order valence-electron chi connectivity index (χ0n) is 15.9. The number of carbonyl (C=O) groups is 1. The van der Waals surface area contributed by atoms with E-state index >= 15 is 0 Å². The molecule has 4 rings (SSSR count). The molecule has 0 radical (unpaired) electrons. The Bertz CT molecular complexity index is 930. The van der Waals surface area contributed by atoms with Crippen LogP contribution in [0.2, 0.25) is 0 Å². The van der Waals surface area contributed by atoms with Crippen molar-refractivity contribution < 1.29 is 13.2 Å². The van der Waals surface area contributed by atoms with Crippen LogP contribution < -0.4 is 5.32 Å². The van der Waals surface area contributed by atoms with Gasteiger partial charge in [-0.2, -0.15) is 4.31 Å². The highest BCUT2D eigenvalue weighted by Crippen LogP contribution is 2.43. The largest absolute Gasteiger partial charge is 0.351 e. The molecule has 0 atom stereocenters. The second kappa shape index (κ2) is 7.68. The molecule has 28 heavy (non-hydrogen) atoms. The molecule has 1 heterocycles. The van der Waals surface area contributed by atoms with E-state index < -0.39 is 15.4 Å². The lowest BCUT2D eigenvalue weighted by Gasteiger charge is -2.40. The SMILES string of the molecule is O=C(NCc1ccc(S(=O)(=O)N2CCCC2)cc1)C1(c2ccccc2)CCC1. The average molecular weight is 399 g/mol. The Morgan fingerprint density at radius 3 is 2.14 bits per heavy atom. The van der Waals surface area contributed by atoms with E-state index in [1.807, 2.05) is 30.3 Å². The summed E-state index contributed by atoms with van der Waals surface area (Å²) in [7, 11) is -3.39. The molecule has 1 amide bonds. The van der Waals surface area contributed by atoms with Crippen LogP contribution in [0.4, 0.5) is 0 Å². The van der Waals surface area contributed by atoms with Crippen molar-refractivity contribution in [3.8, 4) is 0 Å². The number of hydrogen-bond donors (Lipinski definition) is 1. The molecule has 2 aromatic rings. The Kier molecular flexibility index (Phi) is 5.25. The average Bonchev–Trinajstić information content (AvgIpc) is 3.22. The van der Waals surface area contributed by atoms with Gasteiger partial charge in [-0.25, -0.2) is 8.42 Å². The van der Waals surface area contributed by atoms with Gasteiger partial charge in [0.25, 0.3) is 0 Å². The molecule has 6 heteroatoms. The first-order chi connectivity index (χ1) is 13.5. The van der Waals surface area contributed by atoms with Gasteiger partial charge in [0, 0.05) is 19.6 Å². The van der Waals surface area contributed by atoms with Crippen LogP contribution in [0, 0.1) is 0 Å². The molecular weight excluding hydrogens is 372 g/mol. The highest BCUT2D eigenvalue weighted by atomic mass is 32.2. The van der Waals surface area contributed by atoms with Crippen molar-refractivity contribution in [3.63, 3.8) is 0 Å². The van der Waals surface area contributed by atoms with Crippen molar-refractivity contribution in [2.45, 2.75) is 49.0 Å². The molecule has 0 unspecified atom stereocenters. The maximum atomic E-state index is 12.9. The number of carbonyl (C=O) groups excluding carboxylic acids is 1. The van der Waals surface area contributed by atoms with Crippen LogP contribution in [-0.2, 0) is 26.8 Å². The van der Waals surface area contributed by atoms with E-state index in [0.29, 0.717) is 24.5 Å². The van der Waals surface area contributed by atoms with Crippen LogP contribution in [0.3, 0.4) is 0 Å². The van der Waals surface area contributed by atoms with Gasteiger partial charge in [0.05, 0.1) is 10.3 Å². The summed E-state index contributed by atoms with van der Waals surface area (Å²) in [4.78, 5) is 13.2. The third kappa shape index (κ3) is 3.47. The minimum atomic E-state index is -3.39. The topological polar surface area (TPSA) is 66.5 Å². The van der Waals surface area contributed by atoms with E-state index in [1.54, 1.807) is 28.6 Å². The van der Waals surface area contributed by atoms with Crippen molar-refractivity contribution in [2.75, 3.05) is 13.1 Å². The van der Waals surface area contributed by atoms with Gasteiger partial charge >= 0.3 is 0 Å². The molecule has 0 spiro atoms. The lowest BCUT2D eigenvalue weighted by molar-refractivity contribution is -0.130. The van der Waals surface area contributed by atoms with E-state index in [-0.39, 0.29) is 5.91 Å². The molecule has 2 fully saturated rings. The van der Waals surface area contributed by atoms with Crippen LogP contribution in [0.5, 0.6) is 0 Å². The van der Waals surface area contributed by atoms with Crippen LogP contribution in [0.15, 0.2) is 59.5 Å². The minimum absolute atomic E-state index is 0.0544. The molecule has 148 valence electrons. The van der Waals surface area contributed by atoms with Crippen molar-refractivity contribution in [1.29, 1.82) is 0 Å².